The molecule has 7 heteroatoms. The Bertz CT molecular complexity index is 1120. The first kappa shape index (κ1) is 19.6. The third-order valence-electron chi connectivity index (χ3n) is 6.44. The number of piperidine rings is 1. The van der Waals surface area contributed by atoms with E-state index in [1.807, 2.05) is 30.3 Å². The van der Waals surface area contributed by atoms with Crippen molar-refractivity contribution >= 4 is 28.9 Å². The lowest BCUT2D eigenvalue weighted by Gasteiger charge is -2.30. The summed E-state index contributed by atoms with van der Waals surface area (Å²) in [5, 5.41) is 4.18. The minimum Gasteiger partial charge on any atom is -0.367 e. The van der Waals surface area contributed by atoms with E-state index >= 15 is 0 Å². The lowest BCUT2D eigenvalue weighted by molar-refractivity contribution is -0.119. The van der Waals surface area contributed by atoms with E-state index in [4.69, 9.17) is 0 Å². The number of rotatable bonds is 4. The van der Waals surface area contributed by atoms with Gasteiger partial charge < -0.3 is 20.1 Å². The van der Waals surface area contributed by atoms with Crippen molar-refractivity contribution in [3.8, 4) is 0 Å². The van der Waals surface area contributed by atoms with Crippen molar-refractivity contribution in [3.05, 3.63) is 65.1 Å². The zero-order chi connectivity index (χ0) is 21.4. The van der Waals surface area contributed by atoms with Crippen LogP contribution in [0.2, 0.25) is 0 Å². The average Bonchev–Trinajstić information content (AvgIpc) is 3.17. The zero-order valence-electron chi connectivity index (χ0n) is 17.2. The second kappa shape index (κ2) is 8.06. The fraction of sp³-hybridized carbons (Fsp3) is 0.333. The van der Waals surface area contributed by atoms with Crippen LogP contribution in [0.15, 0.2) is 42.5 Å². The number of aromatic amines is 1. The second-order valence-corrected chi connectivity index (χ2v) is 8.38. The van der Waals surface area contributed by atoms with Gasteiger partial charge in [-0.15, -0.1) is 0 Å². The fourth-order valence-electron chi connectivity index (χ4n) is 4.65. The van der Waals surface area contributed by atoms with Crippen LogP contribution in [0.4, 0.5) is 10.1 Å². The number of nitrogens with one attached hydrogen (secondary N) is 2. The molecule has 0 spiro atoms. The van der Waals surface area contributed by atoms with Crippen LogP contribution < -0.4 is 10.2 Å². The number of benzene rings is 2. The maximum atomic E-state index is 13.3. The van der Waals surface area contributed by atoms with Crippen molar-refractivity contribution < 1.29 is 14.0 Å². The summed E-state index contributed by atoms with van der Waals surface area (Å²) in [4.78, 5) is 31.2. The lowest BCUT2D eigenvalue weighted by atomic mass is 10.0. The number of fused-ring (bicyclic) bond motifs is 3. The highest BCUT2D eigenvalue weighted by Crippen LogP contribution is 2.31. The van der Waals surface area contributed by atoms with E-state index < -0.39 is 0 Å². The van der Waals surface area contributed by atoms with Crippen molar-refractivity contribution in [3.63, 3.8) is 0 Å². The molecule has 0 radical (unpaired) electrons. The van der Waals surface area contributed by atoms with E-state index in [2.05, 4.69) is 15.2 Å². The number of likely N-dealkylation sites (tertiary alicyclic amines) is 1. The smallest absolute Gasteiger partial charge is 0.251 e. The Kier molecular flexibility index (Phi) is 5.10. The standard InChI is InChI=1S/C24H25FN4O2/c25-17-2-4-19(5-3-17)29-12-9-23-21(14-29)20-13-16(1-6-22(20)27-23)24(31)26-18-7-10-28(15-30)11-8-18/h1-6,13,15,18,27H,7-12,14H2,(H,26,31). The fourth-order valence-corrected chi connectivity index (χ4v) is 4.65. The molecule has 0 bridgehead atoms. The molecule has 1 aromatic heterocycles. The number of hydrogen-bond donors (Lipinski definition) is 2. The molecule has 0 saturated carbocycles. The molecule has 0 unspecified atom stereocenters. The zero-order valence-corrected chi connectivity index (χ0v) is 17.2. The molecule has 6 nitrogen and oxygen atoms in total. The highest BCUT2D eigenvalue weighted by molar-refractivity contribution is 5.99. The summed E-state index contributed by atoms with van der Waals surface area (Å²) in [6, 6.07) is 12.5. The molecule has 2 aliphatic rings. The number of amides is 2. The van der Waals surface area contributed by atoms with Gasteiger partial charge in [0.25, 0.3) is 5.91 Å². The minimum absolute atomic E-state index is 0.0763. The van der Waals surface area contributed by atoms with Gasteiger partial charge in [-0.3, -0.25) is 9.59 Å². The van der Waals surface area contributed by atoms with Gasteiger partial charge in [0.2, 0.25) is 6.41 Å². The summed E-state index contributed by atoms with van der Waals surface area (Å²) in [7, 11) is 0. The van der Waals surface area contributed by atoms with Crippen LogP contribution in [-0.4, -0.2) is 47.9 Å². The van der Waals surface area contributed by atoms with E-state index in [1.165, 1.54) is 23.4 Å². The summed E-state index contributed by atoms with van der Waals surface area (Å²) in [5.41, 5.74) is 5.07. The van der Waals surface area contributed by atoms with Gasteiger partial charge in [-0.1, -0.05) is 0 Å². The van der Waals surface area contributed by atoms with Gasteiger partial charge in [-0.2, -0.15) is 0 Å². The van der Waals surface area contributed by atoms with Crippen LogP contribution in [0.1, 0.15) is 34.5 Å². The van der Waals surface area contributed by atoms with Gasteiger partial charge in [0, 0.05) is 72.1 Å². The maximum Gasteiger partial charge on any atom is 0.251 e. The largest absolute Gasteiger partial charge is 0.367 e. The minimum atomic E-state index is -0.235. The average molecular weight is 420 g/mol. The van der Waals surface area contributed by atoms with Crippen molar-refractivity contribution in [1.82, 2.24) is 15.2 Å². The van der Waals surface area contributed by atoms with E-state index in [9.17, 15) is 14.0 Å². The molecule has 1 saturated heterocycles. The number of hydrogen-bond acceptors (Lipinski definition) is 3. The summed E-state index contributed by atoms with van der Waals surface area (Å²) in [6.07, 6.45) is 3.30. The van der Waals surface area contributed by atoms with Crippen molar-refractivity contribution in [2.75, 3.05) is 24.5 Å². The van der Waals surface area contributed by atoms with Gasteiger partial charge in [-0.05, 0) is 55.3 Å². The number of nitrogens with zero attached hydrogens (tertiary/aromatic N) is 2. The highest BCUT2D eigenvalue weighted by atomic mass is 19.1. The summed E-state index contributed by atoms with van der Waals surface area (Å²) in [5.74, 6) is -0.311. The van der Waals surface area contributed by atoms with Crippen LogP contribution >= 0.6 is 0 Å². The second-order valence-electron chi connectivity index (χ2n) is 8.38. The topological polar surface area (TPSA) is 68.4 Å². The molecule has 0 atom stereocenters. The molecular formula is C24H25FN4O2. The van der Waals surface area contributed by atoms with Crippen LogP contribution in [0.3, 0.4) is 0 Å². The van der Waals surface area contributed by atoms with Gasteiger partial charge >= 0.3 is 0 Å². The van der Waals surface area contributed by atoms with Crippen molar-refractivity contribution in [2.45, 2.75) is 31.8 Å². The summed E-state index contributed by atoms with van der Waals surface area (Å²) < 4.78 is 13.3. The molecule has 2 aromatic carbocycles. The molecule has 31 heavy (non-hydrogen) atoms. The first-order chi connectivity index (χ1) is 15.1. The maximum absolute atomic E-state index is 13.3. The Labute approximate surface area is 180 Å². The Morgan fingerprint density at radius 1 is 1.10 bits per heavy atom. The predicted octanol–water partition coefficient (Wildman–Crippen LogP) is 3.22. The van der Waals surface area contributed by atoms with Gasteiger partial charge in [0.1, 0.15) is 5.82 Å². The molecule has 2 amide bonds. The van der Waals surface area contributed by atoms with Gasteiger partial charge in [-0.25, -0.2) is 4.39 Å². The lowest BCUT2D eigenvalue weighted by Crippen LogP contribution is -2.44. The normalized spacial score (nSPS) is 16.9. The first-order valence-corrected chi connectivity index (χ1v) is 10.7. The number of halogens is 1. The monoisotopic (exact) mass is 420 g/mol. The highest BCUT2D eigenvalue weighted by Gasteiger charge is 2.23. The quantitative estimate of drug-likeness (QED) is 0.637. The van der Waals surface area contributed by atoms with Crippen molar-refractivity contribution in [1.29, 1.82) is 0 Å². The summed E-state index contributed by atoms with van der Waals surface area (Å²) in [6.45, 7) is 2.94. The number of H-pyrrole nitrogens is 1. The Hall–Kier alpha value is -3.35. The molecular weight excluding hydrogens is 395 g/mol. The van der Waals surface area contributed by atoms with Crippen LogP contribution in [-0.2, 0) is 17.8 Å². The number of carbonyl (C=O) groups is 2. The van der Waals surface area contributed by atoms with Gasteiger partial charge in [0.05, 0.1) is 0 Å². The third kappa shape index (κ3) is 3.87. The van der Waals surface area contributed by atoms with Gasteiger partial charge in [0.15, 0.2) is 0 Å². The van der Waals surface area contributed by atoms with Crippen LogP contribution in [0.25, 0.3) is 10.9 Å². The number of anilines is 1. The SMILES string of the molecule is O=CN1CCC(NC(=O)c2ccc3[nH]c4c(c3c2)CN(c2ccc(F)cc2)CC4)CC1. The molecule has 2 aliphatic heterocycles. The van der Waals surface area contributed by atoms with E-state index in [0.717, 1.165) is 55.4 Å². The Morgan fingerprint density at radius 3 is 2.61 bits per heavy atom. The summed E-state index contributed by atoms with van der Waals surface area (Å²) >= 11 is 0. The van der Waals surface area contributed by atoms with Crippen LogP contribution in [0.5, 0.6) is 0 Å². The molecule has 3 aromatic rings. The van der Waals surface area contributed by atoms with E-state index in [-0.39, 0.29) is 17.8 Å². The third-order valence-corrected chi connectivity index (χ3v) is 6.44. The van der Waals surface area contributed by atoms with E-state index in [1.54, 1.807) is 4.90 Å². The molecule has 5 rings (SSSR count). The molecule has 1 fully saturated rings. The Balaban J connectivity index is 1.35. The predicted molar refractivity (Wildman–Crippen MR) is 118 cm³/mol. The molecule has 2 N–H and O–H groups in total. The van der Waals surface area contributed by atoms with E-state index in [0.29, 0.717) is 18.7 Å². The molecule has 3 heterocycles. The molecule has 160 valence electrons. The molecule has 0 aliphatic carbocycles. The number of carbonyl (C=O) groups excluding carboxylic acids is 2. The Morgan fingerprint density at radius 2 is 1.87 bits per heavy atom. The van der Waals surface area contributed by atoms with Crippen molar-refractivity contribution in [2.24, 2.45) is 0 Å². The van der Waals surface area contributed by atoms with Crippen LogP contribution in [0, 0.1) is 5.82 Å². The first-order valence-electron chi connectivity index (χ1n) is 10.7. The number of aromatic nitrogens is 1.